The van der Waals surface area contributed by atoms with Gasteiger partial charge >= 0.3 is 11.9 Å². The van der Waals surface area contributed by atoms with Gasteiger partial charge in [0, 0.05) is 0 Å². The normalized spacial score (nSPS) is 11.4. The predicted molar refractivity (Wildman–Crippen MR) is 81.4 cm³/mol. The Balaban J connectivity index is 3.19. The van der Waals surface area contributed by atoms with Gasteiger partial charge in [-0.1, -0.05) is 0 Å². The van der Waals surface area contributed by atoms with Crippen LogP contribution in [0.4, 0.5) is 0 Å². The van der Waals surface area contributed by atoms with Crippen LogP contribution in [0.15, 0.2) is 0 Å². The maximum atomic E-state index is 11.4. The van der Waals surface area contributed by atoms with Crippen LogP contribution in [-0.2, 0) is 33.3 Å². The van der Waals surface area contributed by atoms with E-state index in [0.29, 0.717) is 39.6 Å². The van der Waals surface area contributed by atoms with E-state index in [1.807, 2.05) is 20.8 Å². The van der Waals surface area contributed by atoms with E-state index in [0.717, 1.165) is 0 Å². The van der Waals surface area contributed by atoms with Crippen molar-refractivity contribution in [2.24, 2.45) is 0 Å². The molecule has 0 amide bonds. The van der Waals surface area contributed by atoms with Crippen LogP contribution >= 0.6 is 0 Å². The molecule has 0 fully saturated rings. The number of rotatable bonds is 14. The number of aliphatic carboxylic acids is 1. The van der Waals surface area contributed by atoms with Crippen LogP contribution in [-0.4, -0.2) is 75.5 Å². The Labute approximate surface area is 137 Å². The highest BCUT2D eigenvalue weighted by Gasteiger charge is 2.15. The molecule has 8 nitrogen and oxygen atoms in total. The summed E-state index contributed by atoms with van der Waals surface area (Å²) in [5.41, 5.74) is -0.473. The molecule has 0 aromatic carbocycles. The molecular formula is C15H28O8. The Morgan fingerprint density at radius 3 is 1.65 bits per heavy atom. The molecule has 0 rings (SSSR count). The highest BCUT2D eigenvalue weighted by molar-refractivity contribution is 5.69. The highest BCUT2D eigenvalue weighted by atomic mass is 16.6. The first kappa shape index (κ1) is 21.8. The summed E-state index contributed by atoms with van der Waals surface area (Å²) >= 11 is 0. The molecule has 136 valence electrons. The minimum atomic E-state index is -1.000. The summed E-state index contributed by atoms with van der Waals surface area (Å²) in [5.74, 6) is -1.28. The third kappa shape index (κ3) is 18.7. The summed E-state index contributed by atoms with van der Waals surface area (Å²) in [6, 6.07) is 0. The van der Waals surface area contributed by atoms with Gasteiger partial charge in [-0.05, 0) is 20.8 Å². The lowest BCUT2D eigenvalue weighted by Crippen LogP contribution is -2.24. The molecule has 0 atom stereocenters. The average molecular weight is 336 g/mol. The molecule has 0 aromatic heterocycles. The van der Waals surface area contributed by atoms with Gasteiger partial charge in [-0.25, -0.2) is 4.79 Å². The van der Waals surface area contributed by atoms with Gasteiger partial charge in [0.2, 0.25) is 0 Å². The SMILES string of the molecule is CC(C)(C)OC(=O)CCOCCOCCOCCOCC(=O)O. The summed E-state index contributed by atoms with van der Waals surface area (Å²) < 4.78 is 25.6. The van der Waals surface area contributed by atoms with Gasteiger partial charge in [-0.15, -0.1) is 0 Å². The molecule has 0 aliphatic heterocycles. The third-order valence-corrected chi connectivity index (χ3v) is 2.21. The predicted octanol–water partition coefficient (Wildman–Crippen LogP) is 0.869. The summed E-state index contributed by atoms with van der Waals surface area (Å²) in [4.78, 5) is 21.5. The van der Waals surface area contributed by atoms with E-state index < -0.39 is 11.6 Å². The molecule has 0 radical (unpaired) electrons. The first-order valence-corrected chi connectivity index (χ1v) is 7.56. The van der Waals surface area contributed by atoms with Crippen molar-refractivity contribution in [2.75, 3.05) is 52.9 Å². The molecule has 0 saturated heterocycles. The lowest BCUT2D eigenvalue weighted by atomic mass is 10.2. The van der Waals surface area contributed by atoms with E-state index in [1.165, 1.54) is 0 Å². The Hall–Kier alpha value is -1.22. The van der Waals surface area contributed by atoms with Crippen molar-refractivity contribution < 1.29 is 38.4 Å². The minimum Gasteiger partial charge on any atom is -0.480 e. The van der Waals surface area contributed by atoms with Crippen LogP contribution < -0.4 is 0 Å². The number of carbonyl (C=O) groups excluding carboxylic acids is 1. The molecular weight excluding hydrogens is 308 g/mol. The monoisotopic (exact) mass is 336 g/mol. The molecule has 8 heteroatoms. The van der Waals surface area contributed by atoms with Crippen LogP contribution in [0.2, 0.25) is 0 Å². The van der Waals surface area contributed by atoms with Gasteiger partial charge in [-0.3, -0.25) is 4.79 Å². The lowest BCUT2D eigenvalue weighted by Gasteiger charge is -2.19. The van der Waals surface area contributed by atoms with Crippen molar-refractivity contribution in [3.8, 4) is 0 Å². The number of hydrogen-bond donors (Lipinski definition) is 1. The molecule has 0 unspecified atom stereocenters. The zero-order chi connectivity index (χ0) is 17.6. The average Bonchev–Trinajstić information content (AvgIpc) is 2.41. The minimum absolute atomic E-state index is 0.219. The number of carbonyl (C=O) groups is 2. The molecule has 0 saturated carbocycles. The van der Waals surface area contributed by atoms with Crippen LogP contribution in [0.5, 0.6) is 0 Å². The molecule has 0 aliphatic rings. The van der Waals surface area contributed by atoms with Gasteiger partial charge in [0.05, 0.1) is 52.7 Å². The van der Waals surface area contributed by atoms with E-state index in [2.05, 4.69) is 0 Å². The number of hydrogen-bond acceptors (Lipinski definition) is 7. The fourth-order valence-corrected chi connectivity index (χ4v) is 1.37. The second kappa shape index (κ2) is 13.2. The zero-order valence-electron chi connectivity index (χ0n) is 14.2. The summed E-state index contributed by atoms with van der Waals surface area (Å²) in [7, 11) is 0. The first-order chi connectivity index (χ1) is 10.8. The lowest BCUT2D eigenvalue weighted by molar-refractivity contribution is -0.156. The van der Waals surface area contributed by atoms with Crippen molar-refractivity contribution in [1.82, 2.24) is 0 Å². The largest absolute Gasteiger partial charge is 0.480 e. The van der Waals surface area contributed by atoms with Gasteiger partial charge in [0.1, 0.15) is 12.2 Å². The molecule has 0 heterocycles. The fraction of sp³-hybridized carbons (Fsp3) is 0.867. The van der Waals surface area contributed by atoms with Crippen molar-refractivity contribution in [1.29, 1.82) is 0 Å². The number of ether oxygens (including phenoxy) is 5. The van der Waals surface area contributed by atoms with Crippen molar-refractivity contribution >= 4 is 11.9 Å². The highest BCUT2D eigenvalue weighted by Crippen LogP contribution is 2.07. The van der Waals surface area contributed by atoms with Gasteiger partial charge < -0.3 is 28.8 Å². The van der Waals surface area contributed by atoms with Gasteiger partial charge in [0.15, 0.2) is 0 Å². The second-order valence-electron chi connectivity index (χ2n) is 5.62. The van der Waals surface area contributed by atoms with Gasteiger partial charge in [-0.2, -0.15) is 0 Å². The fourth-order valence-electron chi connectivity index (χ4n) is 1.37. The van der Waals surface area contributed by atoms with E-state index in [9.17, 15) is 9.59 Å². The molecule has 0 aromatic rings. The Morgan fingerprint density at radius 1 is 0.783 bits per heavy atom. The maximum Gasteiger partial charge on any atom is 0.329 e. The molecule has 23 heavy (non-hydrogen) atoms. The van der Waals surface area contributed by atoms with E-state index in [-0.39, 0.29) is 25.6 Å². The smallest absolute Gasteiger partial charge is 0.329 e. The summed E-state index contributed by atoms with van der Waals surface area (Å²) in [6.07, 6.45) is 0.219. The van der Waals surface area contributed by atoms with E-state index in [1.54, 1.807) is 0 Å². The van der Waals surface area contributed by atoms with E-state index >= 15 is 0 Å². The quantitative estimate of drug-likeness (QED) is 0.368. The van der Waals surface area contributed by atoms with Gasteiger partial charge in [0.25, 0.3) is 0 Å². The Kier molecular flexibility index (Phi) is 12.5. The number of carboxylic acid groups (broad SMARTS) is 1. The molecule has 0 bridgehead atoms. The molecule has 0 spiro atoms. The van der Waals surface area contributed by atoms with Crippen molar-refractivity contribution in [2.45, 2.75) is 32.8 Å². The molecule has 1 N–H and O–H groups in total. The first-order valence-electron chi connectivity index (χ1n) is 7.56. The Bertz CT molecular complexity index is 324. The number of carboxylic acids is 1. The van der Waals surface area contributed by atoms with Crippen LogP contribution in [0.1, 0.15) is 27.2 Å². The standard InChI is InChI=1S/C15H28O8/c1-15(2,3)23-14(18)4-5-19-6-7-20-8-9-21-10-11-22-12-13(16)17/h4-12H2,1-3H3,(H,16,17). The summed E-state index contributed by atoms with van der Waals surface area (Å²) in [5, 5.41) is 8.33. The van der Waals surface area contributed by atoms with E-state index in [4.69, 9.17) is 28.8 Å². The second-order valence-corrected chi connectivity index (χ2v) is 5.62. The van der Waals surface area contributed by atoms with Crippen molar-refractivity contribution in [3.63, 3.8) is 0 Å². The molecule has 0 aliphatic carbocycles. The summed E-state index contributed by atoms with van der Waals surface area (Å²) in [6.45, 7) is 7.61. The maximum absolute atomic E-state index is 11.4. The zero-order valence-corrected chi connectivity index (χ0v) is 14.2. The van der Waals surface area contributed by atoms with Crippen LogP contribution in [0.25, 0.3) is 0 Å². The van der Waals surface area contributed by atoms with Crippen LogP contribution in [0.3, 0.4) is 0 Å². The van der Waals surface area contributed by atoms with Crippen LogP contribution in [0, 0.1) is 0 Å². The Morgan fingerprint density at radius 2 is 1.22 bits per heavy atom. The number of esters is 1. The van der Waals surface area contributed by atoms with Crippen molar-refractivity contribution in [3.05, 3.63) is 0 Å². The third-order valence-electron chi connectivity index (χ3n) is 2.21. The topological polar surface area (TPSA) is 101 Å².